The zero-order valence-corrected chi connectivity index (χ0v) is 27.7. The van der Waals surface area contributed by atoms with Crippen LogP contribution in [-0.4, -0.2) is 92.2 Å². The number of aliphatic hydroxyl groups excluding tert-OH is 1. The second-order valence-electron chi connectivity index (χ2n) is 11.8. The minimum atomic E-state index is -1.44. The van der Waals surface area contributed by atoms with Gasteiger partial charge in [-0.1, -0.05) is 47.9 Å². The van der Waals surface area contributed by atoms with Gasteiger partial charge in [-0.2, -0.15) is 4.98 Å². The highest BCUT2D eigenvalue weighted by Gasteiger charge is 2.32. The van der Waals surface area contributed by atoms with Crippen LogP contribution >= 0.6 is 11.6 Å². The Hall–Kier alpha value is -4.83. The Balaban J connectivity index is 1.50. The molecule has 0 saturated heterocycles. The highest BCUT2D eigenvalue weighted by atomic mass is 35.5. The first-order chi connectivity index (χ1) is 22.8. The number of benzene rings is 1. The Bertz CT molecular complexity index is 1620. The maximum absolute atomic E-state index is 13.4. The largest absolute Gasteiger partial charge is 0.391 e. The summed E-state index contributed by atoms with van der Waals surface area (Å²) in [6.45, 7) is 6.22. The third kappa shape index (κ3) is 9.38. The second-order valence-corrected chi connectivity index (χ2v) is 12.2. The summed E-state index contributed by atoms with van der Waals surface area (Å²) in [4.78, 5) is 71.1. The zero-order chi connectivity index (χ0) is 35.0. The standard InChI is InChI=1S/C31H39ClN8O8/c1-16(2)25-30(45)33-12-13-40(24(42)11-7-10-23-35-27(39-48-23)20-8-5-6-9-21(20)32)15-19-14-22(38-47-19)29(44)37-26(18(4)41)31(46)34-17(3)28(43)36-25/h5-6,8-9,14,16-18,25-26,41H,7,10-13,15H2,1-4H3,(H,33,45)(H,34,46)(H,36,43)(H,37,44)/t17-,18+,25-,26-/m0/s1. The number of rotatable bonds is 7. The molecule has 0 radical (unpaired) electrons. The molecule has 5 N–H and O–H groups in total. The van der Waals surface area contributed by atoms with Gasteiger partial charge in [-0.3, -0.25) is 24.0 Å². The second kappa shape index (κ2) is 16.3. The lowest BCUT2D eigenvalue weighted by Crippen LogP contribution is -2.58. The number of carbonyl (C=O) groups is 5. The molecule has 5 amide bonds. The highest BCUT2D eigenvalue weighted by molar-refractivity contribution is 6.33. The van der Waals surface area contributed by atoms with Crippen molar-refractivity contribution in [2.45, 2.75) is 77.7 Å². The van der Waals surface area contributed by atoms with Crippen LogP contribution in [0.1, 0.15) is 62.7 Å². The minimum Gasteiger partial charge on any atom is -0.391 e. The van der Waals surface area contributed by atoms with Crippen LogP contribution < -0.4 is 21.3 Å². The number of aromatic nitrogens is 3. The molecule has 48 heavy (non-hydrogen) atoms. The third-order valence-corrected chi connectivity index (χ3v) is 7.92. The van der Waals surface area contributed by atoms with Crippen molar-refractivity contribution < 1.29 is 38.1 Å². The topological polar surface area (TPSA) is 222 Å². The fourth-order valence-electron chi connectivity index (χ4n) is 4.86. The van der Waals surface area contributed by atoms with Crippen LogP contribution in [0.3, 0.4) is 0 Å². The Morgan fingerprint density at radius 1 is 1.02 bits per heavy atom. The fourth-order valence-corrected chi connectivity index (χ4v) is 5.08. The van der Waals surface area contributed by atoms with Gasteiger partial charge in [-0.25, -0.2) is 0 Å². The molecule has 0 unspecified atom stereocenters. The number of carbonyl (C=O) groups excluding carboxylic acids is 5. The van der Waals surface area contributed by atoms with Crippen molar-refractivity contribution in [2.75, 3.05) is 13.1 Å². The van der Waals surface area contributed by atoms with Crippen LogP contribution in [0.5, 0.6) is 0 Å². The van der Waals surface area contributed by atoms with Gasteiger partial charge in [0.1, 0.15) is 18.1 Å². The summed E-state index contributed by atoms with van der Waals surface area (Å²) in [5.74, 6) is -2.54. The summed E-state index contributed by atoms with van der Waals surface area (Å²) in [6.07, 6.45) is -0.587. The molecule has 1 aliphatic rings. The first-order valence-corrected chi connectivity index (χ1v) is 15.9. The molecule has 2 bridgehead atoms. The number of halogens is 1. The van der Waals surface area contributed by atoms with Crippen molar-refractivity contribution >= 4 is 41.1 Å². The number of amides is 5. The van der Waals surface area contributed by atoms with E-state index in [1.807, 2.05) is 0 Å². The normalized spacial score (nSPS) is 20.6. The van der Waals surface area contributed by atoms with Gasteiger partial charge < -0.3 is 40.3 Å². The summed E-state index contributed by atoms with van der Waals surface area (Å²) >= 11 is 6.23. The van der Waals surface area contributed by atoms with Crippen LogP contribution in [0.15, 0.2) is 39.4 Å². The van der Waals surface area contributed by atoms with E-state index in [9.17, 15) is 29.1 Å². The van der Waals surface area contributed by atoms with E-state index < -0.39 is 47.9 Å². The monoisotopic (exact) mass is 686 g/mol. The molecule has 0 saturated carbocycles. The lowest BCUT2D eigenvalue weighted by Gasteiger charge is -2.26. The van der Waals surface area contributed by atoms with E-state index in [-0.39, 0.29) is 49.3 Å². The van der Waals surface area contributed by atoms with Crippen molar-refractivity contribution in [1.29, 1.82) is 0 Å². The average molecular weight is 687 g/mol. The molecule has 3 heterocycles. The Morgan fingerprint density at radius 3 is 2.48 bits per heavy atom. The molecule has 3 aromatic rings. The molecule has 0 aliphatic carbocycles. The fraction of sp³-hybridized carbons (Fsp3) is 0.484. The molecular formula is C31H39ClN8O8. The smallest absolute Gasteiger partial charge is 0.274 e. The summed E-state index contributed by atoms with van der Waals surface area (Å²) < 4.78 is 10.7. The van der Waals surface area contributed by atoms with Crippen molar-refractivity contribution in [1.82, 2.24) is 41.5 Å². The van der Waals surface area contributed by atoms with Gasteiger partial charge in [-0.05, 0) is 38.3 Å². The number of aryl methyl sites for hydroxylation is 1. The number of nitrogens with zero attached hydrogens (tertiary/aromatic N) is 4. The van der Waals surface area contributed by atoms with Gasteiger partial charge in [0.2, 0.25) is 35.3 Å². The SMILES string of the molecule is CC(C)[C@@H]1NC(=O)[C@H](C)NC(=O)[C@H]([C@@H](C)O)NC(=O)c2cc(on2)CN(C(=O)CCCc2nc(-c3ccccc3Cl)no2)CCNC1=O. The van der Waals surface area contributed by atoms with Gasteiger partial charge in [0.25, 0.3) is 5.91 Å². The molecule has 4 rings (SSSR count). The van der Waals surface area contributed by atoms with E-state index in [4.69, 9.17) is 20.6 Å². The third-order valence-electron chi connectivity index (χ3n) is 7.59. The number of hydrogen-bond acceptors (Lipinski definition) is 11. The van der Waals surface area contributed by atoms with Crippen LogP contribution in [0.2, 0.25) is 5.02 Å². The molecule has 0 spiro atoms. The van der Waals surface area contributed by atoms with Crippen LogP contribution in [0.4, 0.5) is 0 Å². The zero-order valence-electron chi connectivity index (χ0n) is 27.0. The maximum Gasteiger partial charge on any atom is 0.274 e. The van der Waals surface area contributed by atoms with E-state index in [0.717, 1.165) is 0 Å². The maximum atomic E-state index is 13.4. The summed E-state index contributed by atoms with van der Waals surface area (Å²) in [6, 6.07) is 4.90. The van der Waals surface area contributed by atoms with Crippen molar-refractivity contribution in [3.8, 4) is 11.4 Å². The number of hydrogen-bond donors (Lipinski definition) is 5. The first-order valence-electron chi connectivity index (χ1n) is 15.5. The predicted molar refractivity (Wildman–Crippen MR) is 170 cm³/mol. The van der Waals surface area contributed by atoms with Gasteiger partial charge in [0, 0.05) is 37.6 Å². The molecule has 4 atom stereocenters. The summed E-state index contributed by atoms with van der Waals surface area (Å²) in [5.41, 5.74) is 0.427. The predicted octanol–water partition coefficient (Wildman–Crippen LogP) is 0.984. The Kier molecular flexibility index (Phi) is 12.2. The number of nitrogens with one attached hydrogen (secondary N) is 4. The lowest BCUT2D eigenvalue weighted by molar-refractivity contribution is -0.134. The van der Waals surface area contributed by atoms with Gasteiger partial charge in [-0.15, -0.1) is 0 Å². The van der Waals surface area contributed by atoms with Crippen molar-refractivity contribution in [3.63, 3.8) is 0 Å². The Morgan fingerprint density at radius 2 is 1.77 bits per heavy atom. The van der Waals surface area contributed by atoms with E-state index in [0.29, 0.717) is 35.1 Å². The highest BCUT2D eigenvalue weighted by Crippen LogP contribution is 2.25. The van der Waals surface area contributed by atoms with E-state index in [1.165, 1.54) is 24.8 Å². The molecule has 1 aromatic carbocycles. The van der Waals surface area contributed by atoms with Crippen LogP contribution in [0, 0.1) is 5.92 Å². The first kappa shape index (κ1) is 36.0. The van der Waals surface area contributed by atoms with Crippen LogP contribution in [-0.2, 0) is 32.1 Å². The van der Waals surface area contributed by atoms with Gasteiger partial charge >= 0.3 is 0 Å². The molecule has 16 nitrogen and oxygen atoms in total. The lowest BCUT2D eigenvalue weighted by atomic mass is 10.0. The summed E-state index contributed by atoms with van der Waals surface area (Å²) in [7, 11) is 0. The molecule has 0 fully saturated rings. The van der Waals surface area contributed by atoms with Crippen LogP contribution in [0.25, 0.3) is 11.4 Å². The molecule has 2 aromatic heterocycles. The van der Waals surface area contributed by atoms with E-state index in [1.54, 1.807) is 38.1 Å². The summed E-state index contributed by atoms with van der Waals surface area (Å²) in [5, 5.41) is 28.7. The van der Waals surface area contributed by atoms with Gasteiger partial charge in [0.15, 0.2) is 11.5 Å². The molecule has 1 aliphatic heterocycles. The van der Waals surface area contributed by atoms with E-state index >= 15 is 0 Å². The van der Waals surface area contributed by atoms with E-state index in [2.05, 4.69) is 36.6 Å². The molecule has 258 valence electrons. The average Bonchev–Trinajstić information content (AvgIpc) is 3.71. The quantitative estimate of drug-likeness (QED) is 0.236. The van der Waals surface area contributed by atoms with Crippen molar-refractivity contribution in [3.05, 3.63) is 52.7 Å². The van der Waals surface area contributed by atoms with Gasteiger partial charge in [0.05, 0.1) is 17.7 Å². The number of aliphatic hydroxyl groups is 1. The molecule has 17 heteroatoms. The minimum absolute atomic E-state index is 0.0400. The Labute approximate surface area is 281 Å². The van der Waals surface area contributed by atoms with Crippen molar-refractivity contribution in [2.24, 2.45) is 5.92 Å². The molecular weight excluding hydrogens is 648 g/mol. The number of fused-ring (bicyclic) bond motifs is 2.